The zero-order chi connectivity index (χ0) is 13.2. The Morgan fingerprint density at radius 2 is 1.88 bits per heavy atom. The molecule has 0 saturated carbocycles. The molecule has 0 aromatic heterocycles. The maximum absolute atomic E-state index is 11.5. The van der Waals surface area contributed by atoms with Gasteiger partial charge in [0.2, 0.25) is 0 Å². The first kappa shape index (κ1) is 14.3. The van der Waals surface area contributed by atoms with E-state index in [0.29, 0.717) is 0 Å². The van der Waals surface area contributed by atoms with E-state index in [1.807, 2.05) is 6.92 Å². The molecule has 94 valence electrons. The van der Waals surface area contributed by atoms with Crippen LogP contribution in [0.1, 0.15) is 38.8 Å². The van der Waals surface area contributed by atoms with Gasteiger partial charge in [-0.15, -0.1) is 11.8 Å². The topological polar surface area (TPSA) is 17.1 Å². The van der Waals surface area contributed by atoms with Crippen molar-refractivity contribution in [2.24, 2.45) is 5.92 Å². The molecular formula is C15H22OS. The smallest absolute Gasteiger partial charge is 0.134 e. The molecule has 1 aromatic rings. The Hall–Kier alpha value is -0.760. The average Bonchev–Trinajstić information content (AvgIpc) is 2.21. The fourth-order valence-electron chi connectivity index (χ4n) is 1.68. The Morgan fingerprint density at radius 3 is 2.41 bits per heavy atom. The summed E-state index contributed by atoms with van der Waals surface area (Å²) in [6, 6.07) is 6.47. The Morgan fingerprint density at radius 1 is 1.29 bits per heavy atom. The summed E-state index contributed by atoms with van der Waals surface area (Å²) in [6.45, 7) is 12.2. The molecule has 0 N–H and O–H groups in total. The Kier molecular flexibility index (Phi) is 4.42. The fraction of sp³-hybridized carbons (Fsp3) is 0.533. The van der Waals surface area contributed by atoms with Crippen molar-refractivity contribution >= 4 is 17.5 Å². The highest BCUT2D eigenvalue weighted by Gasteiger charge is 2.30. The molecule has 17 heavy (non-hydrogen) atoms. The van der Waals surface area contributed by atoms with Crippen LogP contribution in [0.2, 0.25) is 0 Å². The van der Waals surface area contributed by atoms with Gasteiger partial charge in [0.25, 0.3) is 0 Å². The second-order valence-electron chi connectivity index (χ2n) is 5.31. The third-order valence-corrected chi connectivity index (χ3v) is 4.91. The molecule has 0 spiro atoms. The van der Waals surface area contributed by atoms with E-state index >= 15 is 0 Å². The van der Waals surface area contributed by atoms with E-state index in [-0.39, 0.29) is 16.4 Å². The Bertz CT molecular complexity index is 421. The van der Waals surface area contributed by atoms with Crippen LogP contribution in [0.3, 0.4) is 0 Å². The number of rotatable bonds is 4. The lowest BCUT2D eigenvalue weighted by Gasteiger charge is -2.30. The van der Waals surface area contributed by atoms with E-state index in [1.54, 1.807) is 18.7 Å². The molecule has 0 saturated heterocycles. The number of carbonyl (C=O) groups is 1. The van der Waals surface area contributed by atoms with Crippen LogP contribution in [-0.4, -0.2) is 10.5 Å². The van der Waals surface area contributed by atoms with Gasteiger partial charge in [-0.2, -0.15) is 0 Å². The zero-order valence-electron chi connectivity index (χ0n) is 11.6. The quantitative estimate of drug-likeness (QED) is 0.737. The van der Waals surface area contributed by atoms with Gasteiger partial charge in [0.15, 0.2) is 0 Å². The van der Waals surface area contributed by atoms with E-state index in [2.05, 4.69) is 45.9 Å². The SMILES string of the molecule is CC(=O)C(C)C(C)(C)Sc1cc(C)ccc1C. The zero-order valence-corrected chi connectivity index (χ0v) is 12.4. The number of aryl methyl sites for hydroxylation is 2. The minimum absolute atomic E-state index is 0.0624. The minimum atomic E-state index is -0.0651. The molecule has 0 bridgehead atoms. The molecule has 1 unspecified atom stereocenters. The van der Waals surface area contributed by atoms with E-state index in [0.717, 1.165) is 0 Å². The van der Waals surface area contributed by atoms with Crippen molar-refractivity contribution in [2.45, 2.75) is 51.2 Å². The summed E-state index contributed by atoms with van der Waals surface area (Å²) in [7, 11) is 0. The highest BCUT2D eigenvalue weighted by Crippen LogP contribution is 2.40. The van der Waals surface area contributed by atoms with E-state index in [9.17, 15) is 4.79 Å². The minimum Gasteiger partial charge on any atom is -0.300 e. The number of thioether (sulfide) groups is 1. The first-order valence-electron chi connectivity index (χ1n) is 6.01. The largest absolute Gasteiger partial charge is 0.300 e. The van der Waals surface area contributed by atoms with Crippen molar-refractivity contribution in [2.75, 3.05) is 0 Å². The molecule has 2 heteroatoms. The molecule has 0 radical (unpaired) electrons. The summed E-state index contributed by atoms with van der Waals surface area (Å²) in [4.78, 5) is 12.8. The lowest BCUT2D eigenvalue weighted by Crippen LogP contribution is -2.30. The van der Waals surface area contributed by atoms with Crippen LogP contribution in [0.25, 0.3) is 0 Å². The van der Waals surface area contributed by atoms with Gasteiger partial charge in [-0.1, -0.05) is 24.6 Å². The van der Waals surface area contributed by atoms with Crippen molar-refractivity contribution in [3.63, 3.8) is 0 Å². The van der Waals surface area contributed by atoms with Gasteiger partial charge in [-0.25, -0.2) is 0 Å². The van der Waals surface area contributed by atoms with Gasteiger partial charge in [0.1, 0.15) is 5.78 Å². The van der Waals surface area contributed by atoms with Crippen LogP contribution in [0.4, 0.5) is 0 Å². The summed E-state index contributed by atoms with van der Waals surface area (Å²) in [5.74, 6) is 0.320. The molecule has 1 atom stereocenters. The molecule has 0 fully saturated rings. The van der Waals surface area contributed by atoms with Crippen molar-refractivity contribution in [1.29, 1.82) is 0 Å². The highest BCUT2D eigenvalue weighted by atomic mass is 32.2. The van der Waals surface area contributed by atoms with Crippen LogP contribution in [0.5, 0.6) is 0 Å². The van der Waals surface area contributed by atoms with Gasteiger partial charge < -0.3 is 0 Å². The first-order chi connectivity index (χ1) is 7.74. The van der Waals surface area contributed by atoms with Crippen molar-refractivity contribution in [1.82, 2.24) is 0 Å². The lowest BCUT2D eigenvalue weighted by molar-refractivity contribution is -0.120. The lowest BCUT2D eigenvalue weighted by atomic mass is 9.93. The van der Waals surface area contributed by atoms with Gasteiger partial charge in [-0.3, -0.25) is 4.79 Å². The Labute approximate surface area is 109 Å². The number of hydrogen-bond acceptors (Lipinski definition) is 2. The van der Waals surface area contributed by atoms with Gasteiger partial charge in [0.05, 0.1) is 0 Å². The molecule has 0 heterocycles. The van der Waals surface area contributed by atoms with Gasteiger partial charge in [-0.05, 0) is 46.2 Å². The normalized spacial score (nSPS) is 13.5. The van der Waals surface area contributed by atoms with Crippen molar-refractivity contribution in [3.05, 3.63) is 29.3 Å². The maximum Gasteiger partial charge on any atom is 0.134 e. The highest BCUT2D eigenvalue weighted by molar-refractivity contribution is 8.00. The summed E-state index contributed by atoms with van der Waals surface area (Å²) < 4.78 is -0.0651. The first-order valence-corrected chi connectivity index (χ1v) is 6.82. The molecule has 1 rings (SSSR count). The fourth-order valence-corrected chi connectivity index (χ4v) is 3.06. The number of benzene rings is 1. The van der Waals surface area contributed by atoms with Crippen LogP contribution in [0, 0.1) is 19.8 Å². The second-order valence-corrected chi connectivity index (χ2v) is 7.00. The predicted molar refractivity (Wildman–Crippen MR) is 75.7 cm³/mol. The Balaban J connectivity index is 2.97. The predicted octanol–water partition coefficient (Wildman–Crippen LogP) is 4.40. The molecular weight excluding hydrogens is 228 g/mol. The third kappa shape index (κ3) is 3.60. The van der Waals surface area contributed by atoms with Crippen LogP contribution in [-0.2, 0) is 4.79 Å². The summed E-state index contributed by atoms with van der Waals surface area (Å²) >= 11 is 1.80. The van der Waals surface area contributed by atoms with Crippen LogP contribution in [0.15, 0.2) is 23.1 Å². The number of Topliss-reactive ketones (excluding diaryl/α,β-unsaturated/α-hetero) is 1. The summed E-state index contributed by atoms with van der Waals surface area (Å²) in [6.07, 6.45) is 0. The summed E-state index contributed by atoms with van der Waals surface area (Å²) in [5.41, 5.74) is 2.55. The number of carbonyl (C=O) groups excluding carboxylic acids is 1. The number of ketones is 1. The molecule has 0 amide bonds. The summed E-state index contributed by atoms with van der Waals surface area (Å²) in [5, 5.41) is 0. The van der Waals surface area contributed by atoms with Gasteiger partial charge in [0, 0.05) is 15.6 Å². The standard InChI is InChI=1S/C15H22OS/c1-10-7-8-11(2)14(9-10)17-15(5,6)12(3)13(4)16/h7-9,12H,1-6H3. The molecule has 1 nitrogen and oxygen atoms in total. The van der Waals surface area contributed by atoms with E-state index < -0.39 is 0 Å². The molecule has 0 aliphatic rings. The molecule has 0 aliphatic carbocycles. The van der Waals surface area contributed by atoms with Crippen LogP contribution >= 0.6 is 11.8 Å². The third-order valence-electron chi connectivity index (χ3n) is 3.37. The van der Waals surface area contributed by atoms with Crippen LogP contribution < -0.4 is 0 Å². The average molecular weight is 250 g/mol. The van der Waals surface area contributed by atoms with Gasteiger partial charge >= 0.3 is 0 Å². The molecule has 0 aliphatic heterocycles. The maximum atomic E-state index is 11.5. The monoisotopic (exact) mass is 250 g/mol. The van der Waals surface area contributed by atoms with E-state index in [4.69, 9.17) is 0 Å². The van der Waals surface area contributed by atoms with Crippen molar-refractivity contribution in [3.8, 4) is 0 Å². The second kappa shape index (κ2) is 5.26. The van der Waals surface area contributed by atoms with Crippen molar-refractivity contribution < 1.29 is 4.79 Å². The molecule has 1 aromatic carbocycles. The van der Waals surface area contributed by atoms with E-state index in [1.165, 1.54) is 16.0 Å². The number of hydrogen-bond donors (Lipinski definition) is 0.